The summed E-state index contributed by atoms with van der Waals surface area (Å²) in [5.74, 6) is -0.863. The van der Waals surface area contributed by atoms with Gasteiger partial charge in [0.05, 0.1) is 16.7 Å². The topological polar surface area (TPSA) is 64.0 Å². The number of nitrogens with one attached hydrogen (secondary N) is 1. The van der Waals surface area contributed by atoms with Gasteiger partial charge in [0.2, 0.25) is 5.91 Å². The van der Waals surface area contributed by atoms with Crippen molar-refractivity contribution in [3.05, 3.63) is 80.4 Å². The third kappa shape index (κ3) is 3.65. The normalized spacial score (nSPS) is 11.2. The number of carbonyl (C=O) groups excluding carboxylic acids is 1. The fraction of sp³-hybridized carbons (Fsp3) is 0.136. The summed E-state index contributed by atoms with van der Waals surface area (Å²) in [6.07, 6.45) is 0. The summed E-state index contributed by atoms with van der Waals surface area (Å²) in [5.41, 5.74) is 2.54. The molecule has 2 aromatic carbocycles. The van der Waals surface area contributed by atoms with E-state index >= 15 is 0 Å². The molecule has 0 saturated heterocycles. The zero-order chi connectivity index (χ0) is 20.7. The molecule has 0 fully saturated rings. The third-order valence-electron chi connectivity index (χ3n) is 4.76. The predicted molar refractivity (Wildman–Crippen MR) is 116 cm³/mol. The highest BCUT2D eigenvalue weighted by Crippen LogP contribution is 2.26. The van der Waals surface area contributed by atoms with Crippen LogP contribution in [-0.2, 0) is 11.3 Å². The molecule has 2 aromatic heterocycles. The first-order chi connectivity index (χ1) is 13.8. The summed E-state index contributed by atoms with van der Waals surface area (Å²) in [6, 6.07) is 13.2. The molecule has 2 heterocycles. The summed E-state index contributed by atoms with van der Waals surface area (Å²) < 4.78 is 16.9. The average Bonchev–Trinajstić information content (AvgIpc) is 2.66. The molecule has 0 atom stereocenters. The lowest BCUT2D eigenvalue weighted by Gasteiger charge is -2.16. The quantitative estimate of drug-likeness (QED) is 0.488. The molecular weight excluding hydrogens is 437 g/mol. The zero-order valence-corrected chi connectivity index (χ0v) is 17.4. The Morgan fingerprint density at radius 1 is 1.14 bits per heavy atom. The van der Waals surface area contributed by atoms with Gasteiger partial charge in [-0.1, -0.05) is 22.0 Å². The molecule has 1 N–H and O–H groups in total. The van der Waals surface area contributed by atoms with E-state index in [-0.39, 0.29) is 28.8 Å². The van der Waals surface area contributed by atoms with Gasteiger partial charge in [0.25, 0.3) is 0 Å². The van der Waals surface area contributed by atoms with Crippen molar-refractivity contribution in [1.29, 1.82) is 0 Å². The second kappa shape index (κ2) is 7.40. The van der Waals surface area contributed by atoms with Crippen LogP contribution in [0.4, 0.5) is 10.1 Å². The second-order valence-electron chi connectivity index (χ2n) is 6.89. The Morgan fingerprint density at radius 2 is 1.93 bits per heavy atom. The smallest absolute Gasteiger partial charge is 0.244 e. The van der Waals surface area contributed by atoms with Crippen molar-refractivity contribution in [1.82, 2.24) is 9.55 Å². The van der Waals surface area contributed by atoms with Crippen LogP contribution in [-0.4, -0.2) is 15.5 Å². The summed E-state index contributed by atoms with van der Waals surface area (Å²) in [4.78, 5) is 29.5. The Hall–Kier alpha value is -3.06. The zero-order valence-electron chi connectivity index (χ0n) is 15.8. The molecule has 29 heavy (non-hydrogen) atoms. The van der Waals surface area contributed by atoms with E-state index in [4.69, 9.17) is 0 Å². The Balaban J connectivity index is 1.75. The maximum Gasteiger partial charge on any atom is 0.244 e. The molecule has 0 spiro atoms. The first-order valence-electron chi connectivity index (χ1n) is 8.99. The van der Waals surface area contributed by atoms with E-state index in [0.29, 0.717) is 11.4 Å². The summed E-state index contributed by atoms with van der Waals surface area (Å²) in [6.45, 7) is 3.41. The SMILES string of the molecule is Cc1cc(NC(=O)Cn2c(C)cc(=O)c3cccc(F)c32)c2cc(Br)ccc2n1. The van der Waals surface area contributed by atoms with Gasteiger partial charge in [0.1, 0.15) is 12.4 Å². The van der Waals surface area contributed by atoms with Crippen LogP contribution in [0.25, 0.3) is 21.8 Å². The number of hydrogen-bond acceptors (Lipinski definition) is 3. The van der Waals surface area contributed by atoms with E-state index in [1.54, 1.807) is 19.1 Å². The molecule has 0 bridgehead atoms. The van der Waals surface area contributed by atoms with Gasteiger partial charge in [0, 0.05) is 32.7 Å². The molecule has 0 aliphatic carbocycles. The van der Waals surface area contributed by atoms with Crippen LogP contribution in [0.3, 0.4) is 0 Å². The number of aromatic nitrogens is 2. The van der Waals surface area contributed by atoms with E-state index in [9.17, 15) is 14.0 Å². The highest BCUT2D eigenvalue weighted by molar-refractivity contribution is 9.10. The number of anilines is 1. The second-order valence-corrected chi connectivity index (χ2v) is 7.81. The van der Waals surface area contributed by atoms with E-state index in [1.807, 2.05) is 25.1 Å². The van der Waals surface area contributed by atoms with Gasteiger partial charge in [-0.15, -0.1) is 0 Å². The van der Waals surface area contributed by atoms with Crippen molar-refractivity contribution in [2.45, 2.75) is 20.4 Å². The number of amides is 1. The monoisotopic (exact) mass is 453 g/mol. The summed E-state index contributed by atoms with van der Waals surface area (Å²) >= 11 is 3.44. The van der Waals surface area contributed by atoms with E-state index < -0.39 is 5.82 Å². The molecule has 0 radical (unpaired) electrons. The number of benzene rings is 2. The van der Waals surface area contributed by atoms with Gasteiger partial charge in [-0.25, -0.2) is 4.39 Å². The molecular formula is C22H17BrFN3O2. The van der Waals surface area contributed by atoms with Gasteiger partial charge >= 0.3 is 0 Å². The first kappa shape index (κ1) is 19.3. The molecule has 0 aliphatic rings. The van der Waals surface area contributed by atoms with Crippen molar-refractivity contribution in [2.75, 3.05) is 5.32 Å². The number of fused-ring (bicyclic) bond motifs is 2. The molecule has 4 aromatic rings. The first-order valence-corrected chi connectivity index (χ1v) is 9.78. The maximum atomic E-state index is 14.5. The molecule has 0 saturated carbocycles. The van der Waals surface area contributed by atoms with Gasteiger partial charge in [-0.3, -0.25) is 14.6 Å². The third-order valence-corrected chi connectivity index (χ3v) is 5.26. The predicted octanol–water partition coefficient (Wildman–Crippen LogP) is 4.71. The summed E-state index contributed by atoms with van der Waals surface area (Å²) in [7, 11) is 0. The lowest BCUT2D eigenvalue weighted by molar-refractivity contribution is -0.116. The van der Waals surface area contributed by atoms with Crippen LogP contribution in [0.2, 0.25) is 0 Å². The molecule has 4 rings (SSSR count). The van der Waals surface area contributed by atoms with Gasteiger partial charge in [0.15, 0.2) is 5.43 Å². The number of nitrogens with zero attached hydrogens (tertiary/aromatic N) is 2. The van der Waals surface area contributed by atoms with Crippen LogP contribution >= 0.6 is 15.9 Å². The van der Waals surface area contributed by atoms with E-state index in [1.165, 1.54) is 22.8 Å². The van der Waals surface area contributed by atoms with Crippen molar-refractivity contribution in [3.8, 4) is 0 Å². The Morgan fingerprint density at radius 3 is 2.72 bits per heavy atom. The van der Waals surface area contributed by atoms with Crippen LogP contribution in [0, 0.1) is 19.7 Å². The average molecular weight is 454 g/mol. The van der Waals surface area contributed by atoms with Crippen molar-refractivity contribution in [2.24, 2.45) is 0 Å². The van der Waals surface area contributed by atoms with Gasteiger partial charge in [-0.05, 0) is 50.2 Å². The van der Waals surface area contributed by atoms with Crippen molar-refractivity contribution >= 4 is 49.3 Å². The minimum Gasteiger partial charge on any atom is -0.333 e. The number of rotatable bonds is 3. The number of halogens is 2. The molecule has 5 nitrogen and oxygen atoms in total. The minimum atomic E-state index is -0.537. The van der Waals surface area contributed by atoms with Crippen LogP contribution in [0.1, 0.15) is 11.4 Å². The molecule has 1 amide bonds. The number of carbonyl (C=O) groups is 1. The van der Waals surface area contributed by atoms with Gasteiger partial charge < -0.3 is 9.88 Å². The lowest BCUT2D eigenvalue weighted by Crippen LogP contribution is -2.23. The fourth-order valence-electron chi connectivity index (χ4n) is 3.48. The minimum absolute atomic E-state index is 0.125. The van der Waals surface area contributed by atoms with Crippen LogP contribution < -0.4 is 10.7 Å². The fourth-order valence-corrected chi connectivity index (χ4v) is 3.84. The standard InChI is InChI=1S/C22H17BrFN3O2/c1-12-8-19(16-10-14(23)6-7-18(16)25-12)26-21(29)11-27-13(2)9-20(28)15-4-3-5-17(24)22(15)27/h3-10H,11H2,1-2H3,(H,25,26,29). The van der Waals surface area contributed by atoms with Gasteiger partial charge in [-0.2, -0.15) is 0 Å². The van der Waals surface area contributed by atoms with E-state index in [0.717, 1.165) is 21.1 Å². The number of aryl methyl sites for hydroxylation is 2. The Kier molecular flexibility index (Phi) is 4.92. The Bertz CT molecular complexity index is 1350. The highest BCUT2D eigenvalue weighted by Gasteiger charge is 2.15. The molecule has 7 heteroatoms. The number of pyridine rings is 2. The molecule has 146 valence electrons. The Labute approximate surface area is 174 Å². The lowest BCUT2D eigenvalue weighted by atomic mass is 10.1. The molecule has 0 unspecified atom stereocenters. The summed E-state index contributed by atoms with van der Waals surface area (Å²) in [5, 5.41) is 3.95. The largest absolute Gasteiger partial charge is 0.333 e. The van der Waals surface area contributed by atoms with Crippen LogP contribution in [0.5, 0.6) is 0 Å². The highest BCUT2D eigenvalue weighted by atomic mass is 79.9. The maximum absolute atomic E-state index is 14.5. The van der Waals surface area contributed by atoms with Crippen molar-refractivity contribution < 1.29 is 9.18 Å². The van der Waals surface area contributed by atoms with Crippen LogP contribution in [0.15, 0.2) is 57.8 Å². The van der Waals surface area contributed by atoms with Crippen molar-refractivity contribution in [3.63, 3.8) is 0 Å². The number of hydrogen-bond donors (Lipinski definition) is 1. The van der Waals surface area contributed by atoms with E-state index in [2.05, 4.69) is 26.2 Å². The molecule has 0 aliphatic heterocycles. The number of para-hydroxylation sites is 1.